The summed E-state index contributed by atoms with van der Waals surface area (Å²) in [5.74, 6) is 13.0. The minimum Gasteiger partial charge on any atom is -0.128 e. The molecule has 0 radical (unpaired) electrons. The second kappa shape index (κ2) is 6.90. The molecule has 5 aromatic rings. The predicted octanol–water partition coefficient (Wildman–Crippen LogP) is 8.69. The maximum Gasteiger partial charge on any atom is 0.0711 e. The number of fused-ring (bicyclic) bond motifs is 4. The summed E-state index contributed by atoms with van der Waals surface area (Å²) in [6, 6.07) is 13.4. The van der Waals surface area contributed by atoms with Crippen LogP contribution in [0.25, 0.3) is 41.7 Å². The van der Waals surface area contributed by atoms with E-state index >= 15 is 0 Å². The second-order valence-corrected chi connectivity index (χ2v) is 11.4. The summed E-state index contributed by atoms with van der Waals surface area (Å²) in [5.41, 5.74) is 2.18. The quantitative estimate of drug-likeness (QED) is 0.141. The van der Waals surface area contributed by atoms with Gasteiger partial charge in [0.1, 0.15) is 0 Å². The molecule has 28 heavy (non-hydrogen) atoms. The molecule has 0 atom stereocenters. The van der Waals surface area contributed by atoms with Gasteiger partial charge < -0.3 is 0 Å². The highest BCUT2D eigenvalue weighted by Crippen LogP contribution is 2.41. The molecule has 2 aromatic heterocycles. The van der Waals surface area contributed by atoms with Gasteiger partial charge in [0.25, 0.3) is 0 Å². The maximum atomic E-state index is 3.63. The third-order valence-corrected chi connectivity index (χ3v) is 8.03. The van der Waals surface area contributed by atoms with Crippen LogP contribution < -0.4 is 0 Å². The summed E-state index contributed by atoms with van der Waals surface area (Å²) in [7, 11) is 0. The van der Waals surface area contributed by atoms with Gasteiger partial charge in [-0.3, -0.25) is 0 Å². The monoisotopic (exact) mass is 522 g/mol. The van der Waals surface area contributed by atoms with Gasteiger partial charge in [0.2, 0.25) is 0 Å². The molecule has 3 aromatic carbocycles. The molecule has 2 heterocycles. The van der Waals surface area contributed by atoms with Crippen molar-refractivity contribution < 1.29 is 0 Å². The largest absolute Gasteiger partial charge is 0.128 e. The number of thiophene rings is 2. The van der Waals surface area contributed by atoms with E-state index in [0.717, 1.165) is 18.7 Å². The van der Waals surface area contributed by atoms with Crippen LogP contribution in [0.4, 0.5) is 0 Å². The van der Waals surface area contributed by atoms with Gasteiger partial charge in [-0.25, -0.2) is 0 Å². The van der Waals surface area contributed by atoms with E-state index in [1.54, 1.807) is 22.7 Å². The van der Waals surface area contributed by atoms with Crippen LogP contribution in [-0.2, 0) is 0 Å². The van der Waals surface area contributed by atoms with Gasteiger partial charge in [-0.1, -0.05) is 11.8 Å². The highest BCUT2D eigenvalue weighted by molar-refractivity contribution is 9.11. The van der Waals surface area contributed by atoms with Crippen LogP contribution in [0, 0.1) is 23.7 Å². The Labute approximate surface area is 187 Å². The van der Waals surface area contributed by atoms with E-state index in [2.05, 4.69) is 91.9 Å². The van der Waals surface area contributed by atoms with E-state index in [4.69, 9.17) is 0 Å². The number of rotatable bonds is 0. The Balaban J connectivity index is 2.10. The first-order chi connectivity index (χ1) is 13.6. The van der Waals surface area contributed by atoms with E-state index in [-0.39, 0.29) is 0 Å². The lowest BCUT2D eigenvalue weighted by Crippen LogP contribution is -1.90. The second-order valence-electron chi connectivity index (χ2n) is 6.47. The van der Waals surface area contributed by atoms with Crippen molar-refractivity contribution in [2.75, 3.05) is 0 Å². The van der Waals surface area contributed by atoms with Crippen molar-refractivity contribution in [1.82, 2.24) is 0 Å². The average molecular weight is 524 g/mol. The van der Waals surface area contributed by atoms with E-state index < -0.39 is 0 Å². The Morgan fingerprint density at radius 3 is 1.39 bits per heavy atom. The number of hydrogen-bond acceptors (Lipinski definition) is 2. The molecule has 0 N–H and O–H groups in total. The highest BCUT2D eigenvalue weighted by atomic mass is 79.9. The van der Waals surface area contributed by atoms with Crippen LogP contribution in [0.2, 0.25) is 0 Å². The predicted molar refractivity (Wildman–Crippen MR) is 133 cm³/mol. The average Bonchev–Trinajstić information content (AvgIpc) is 3.21. The van der Waals surface area contributed by atoms with E-state index in [1.165, 1.54) is 41.7 Å². The fourth-order valence-corrected chi connectivity index (χ4v) is 6.90. The molecule has 0 amide bonds. The molecule has 0 saturated heterocycles. The summed E-state index contributed by atoms with van der Waals surface area (Å²) < 4.78 is 4.79. The molecule has 5 rings (SSSR count). The summed E-state index contributed by atoms with van der Waals surface area (Å²) in [5, 5.41) is 7.17. The van der Waals surface area contributed by atoms with Gasteiger partial charge in [0, 0.05) is 31.3 Å². The molecule has 134 valence electrons. The van der Waals surface area contributed by atoms with Crippen molar-refractivity contribution in [3.63, 3.8) is 0 Å². The molecular weight excluding hydrogens is 512 g/mol. The Morgan fingerprint density at radius 2 is 1.00 bits per heavy atom. The molecular formula is C24H12Br2S2. The smallest absolute Gasteiger partial charge is 0.0711 e. The van der Waals surface area contributed by atoms with Crippen LogP contribution in [0.3, 0.4) is 0 Å². The normalized spacial score (nSPS) is 11.0. The summed E-state index contributed by atoms with van der Waals surface area (Å²) in [6.07, 6.45) is 0. The topological polar surface area (TPSA) is 0 Å². The Kier molecular flexibility index (Phi) is 4.49. The zero-order chi connectivity index (χ0) is 19.4. The third kappa shape index (κ3) is 2.79. The Bertz CT molecular complexity index is 1350. The molecule has 0 fully saturated rings. The fourth-order valence-electron chi connectivity index (χ4n) is 3.75. The molecule has 4 heteroatoms. The zero-order valence-corrected chi connectivity index (χ0v) is 19.8. The first kappa shape index (κ1) is 18.2. The van der Waals surface area contributed by atoms with Crippen molar-refractivity contribution in [1.29, 1.82) is 0 Å². The lowest BCUT2D eigenvalue weighted by molar-refractivity contribution is 1.77. The molecule has 0 spiro atoms. The molecule has 0 aliphatic carbocycles. The highest BCUT2D eigenvalue weighted by Gasteiger charge is 2.15. The summed E-state index contributed by atoms with van der Waals surface area (Å²) in [6.45, 7) is 3.80. The van der Waals surface area contributed by atoms with Crippen LogP contribution in [0.15, 0.2) is 44.0 Å². The minimum atomic E-state index is 1.09. The first-order valence-corrected chi connectivity index (χ1v) is 11.9. The van der Waals surface area contributed by atoms with Gasteiger partial charge >= 0.3 is 0 Å². The molecule has 0 saturated carbocycles. The van der Waals surface area contributed by atoms with E-state index in [0.29, 0.717) is 0 Å². The van der Waals surface area contributed by atoms with Gasteiger partial charge in [0.15, 0.2) is 0 Å². The zero-order valence-electron chi connectivity index (χ0n) is 15.0. The summed E-state index contributed by atoms with van der Waals surface area (Å²) in [4.78, 5) is 0. The SMILES string of the molecule is CC#Cc1c2cc3cc(Br)sc3cc2c(C#CC)c2cc3cc(Br)sc3cc12. The minimum absolute atomic E-state index is 1.09. The standard InChI is InChI=1S/C24H12Br2S2/c1-3-5-15-17-7-13-9-23(25)28-22(13)12-20(17)16(6-4-2)18-8-14-10-24(26)27-21(14)11-19(15)18/h7-12H,1-2H3. The molecule has 0 bridgehead atoms. The molecule has 0 aliphatic rings. The van der Waals surface area contributed by atoms with E-state index in [9.17, 15) is 0 Å². The van der Waals surface area contributed by atoms with Gasteiger partial charge in [-0.2, -0.15) is 0 Å². The van der Waals surface area contributed by atoms with Gasteiger partial charge in [0.05, 0.1) is 7.57 Å². The van der Waals surface area contributed by atoms with Crippen LogP contribution >= 0.6 is 54.5 Å². The van der Waals surface area contributed by atoms with Crippen molar-refractivity contribution in [3.05, 3.63) is 55.1 Å². The molecule has 0 aliphatic heterocycles. The Morgan fingerprint density at radius 1 is 0.607 bits per heavy atom. The van der Waals surface area contributed by atoms with Crippen molar-refractivity contribution in [3.8, 4) is 23.7 Å². The number of halogens is 2. The van der Waals surface area contributed by atoms with Crippen molar-refractivity contribution >= 4 is 96.3 Å². The maximum absolute atomic E-state index is 3.63. The van der Waals surface area contributed by atoms with E-state index in [1.807, 2.05) is 13.8 Å². The fraction of sp³-hybridized carbons (Fsp3) is 0.0833. The van der Waals surface area contributed by atoms with Crippen molar-refractivity contribution in [2.45, 2.75) is 13.8 Å². The van der Waals surface area contributed by atoms with Crippen LogP contribution in [0.1, 0.15) is 25.0 Å². The van der Waals surface area contributed by atoms with Crippen LogP contribution in [-0.4, -0.2) is 0 Å². The summed E-state index contributed by atoms with van der Waals surface area (Å²) >= 11 is 10.8. The lowest BCUT2D eigenvalue weighted by atomic mass is 9.91. The van der Waals surface area contributed by atoms with Gasteiger partial charge in [-0.15, -0.1) is 34.5 Å². The van der Waals surface area contributed by atoms with Gasteiger partial charge in [-0.05, 0) is 104 Å². The van der Waals surface area contributed by atoms with Crippen molar-refractivity contribution in [2.24, 2.45) is 0 Å². The van der Waals surface area contributed by atoms with Crippen LogP contribution in [0.5, 0.6) is 0 Å². The first-order valence-electron chi connectivity index (χ1n) is 8.66. The molecule has 0 unspecified atom stereocenters. The number of benzene rings is 3. The molecule has 0 nitrogen and oxygen atoms in total. The number of hydrogen-bond donors (Lipinski definition) is 0. The Hall–Kier alpha value is -1.82. The third-order valence-electron chi connectivity index (χ3n) is 4.83. The lowest BCUT2D eigenvalue weighted by Gasteiger charge is -2.12.